The minimum atomic E-state index is -2.84. The van der Waals surface area contributed by atoms with Gasteiger partial charge in [-0.05, 0) is 35.4 Å². The number of rotatable bonds is 5. The van der Waals surface area contributed by atoms with Crippen molar-refractivity contribution in [3.8, 4) is 5.75 Å². The van der Waals surface area contributed by atoms with E-state index in [9.17, 15) is 13.9 Å². The van der Waals surface area contributed by atoms with Crippen LogP contribution in [0.3, 0.4) is 0 Å². The van der Waals surface area contributed by atoms with Gasteiger partial charge in [0.25, 0.3) is 0 Å². The Bertz CT molecular complexity index is 541. The van der Waals surface area contributed by atoms with Gasteiger partial charge in [0.2, 0.25) is 0 Å². The molecule has 0 aromatic heterocycles. The van der Waals surface area contributed by atoms with Crippen LogP contribution in [0.4, 0.5) is 8.78 Å². The molecule has 0 saturated carbocycles. The lowest BCUT2D eigenvalue weighted by Crippen LogP contribution is -2.04. The molecule has 0 bridgehead atoms. The van der Waals surface area contributed by atoms with Gasteiger partial charge in [0.05, 0.1) is 6.10 Å². The Morgan fingerprint density at radius 2 is 1.60 bits per heavy atom. The van der Waals surface area contributed by atoms with Crippen molar-refractivity contribution in [2.75, 3.05) is 0 Å². The van der Waals surface area contributed by atoms with Gasteiger partial charge in [-0.1, -0.05) is 40.2 Å². The molecule has 2 aromatic rings. The van der Waals surface area contributed by atoms with E-state index in [1.807, 2.05) is 24.3 Å². The fourth-order valence-electron chi connectivity index (χ4n) is 1.83. The van der Waals surface area contributed by atoms with E-state index < -0.39 is 12.7 Å². The monoisotopic (exact) mass is 342 g/mol. The van der Waals surface area contributed by atoms with Crippen molar-refractivity contribution in [3.05, 3.63) is 64.1 Å². The Kier molecular flexibility index (Phi) is 5.09. The number of hydrogen-bond acceptors (Lipinski definition) is 2. The van der Waals surface area contributed by atoms with Gasteiger partial charge in [0.15, 0.2) is 0 Å². The molecule has 1 unspecified atom stereocenters. The van der Waals surface area contributed by atoms with Crippen LogP contribution in [0.2, 0.25) is 0 Å². The van der Waals surface area contributed by atoms with Crippen molar-refractivity contribution in [2.45, 2.75) is 19.1 Å². The van der Waals surface area contributed by atoms with Crippen molar-refractivity contribution in [2.24, 2.45) is 0 Å². The molecule has 0 amide bonds. The molecule has 106 valence electrons. The fraction of sp³-hybridized carbons (Fsp3) is 0.200. The third-order valence-electron chi connectivity index (χ3n) is 2.83. The van der Waals surface area contributed by atoms with Crippen molar-refractivity contribution < 1.29 is 18.6 Å². The zero-order chi connectivity index (χ0) is 14.5. The van der Waals surface area contributed by atoms with Gasteiger partial charge in [-0.15, -0.1) is 0 Å². The maximum absolute atomic E-state index is 12.0. The minimum Gasteiger partial charge on any atom is -0.435 e. The number of halogens is 3. The van der Waals surface area contributed by atoms with Crippen LogP contribution in [0.1, 0.15) is 17.2 Å². The highest BCUT2D eigenvalue weighted by Crippen LogP contribution is 2.22. The van der Waals surface area contributed by atoms with Gasteiger partial charge in [0, 0.05) is 10.9 Å². The molecule has 1 atom stereocenters. The summed E-state index contributed by atoms with van der Waals surface area (Å²) in [5.74, 6) is 0.0830. The second kappa shape index (κ2) is 6.81. The highest BCUT2D eigenvalue weighted by atomic mass is 79.9. The summed E-state index contributed by atoms with van der Waals surface area (Å²) in [5, 5.41) is 10.1. The molecule has 0 aliphatic carbocycles. The van der Waals surface area contributed by atoms with E-state index in [4.69, 9.17) is 0 Å². The second-order valence-electron chi connectivity index (χ2n) is 4.29. The smallest absolute Gasteiger partial charge is 0.387 e. The van der Waals surface area contributed by atoms with Crippen LogP contribution in [0.5, 0.6) is 5.75 Å². The maximum atomic E-state index is 12.0. The Labute approximate surface area is 124 Å². The SMILES string of the molecule is OC(Cc1ccc(Br)cc1)c1ccc(OC(F)F)cc1. The normalized spacial score (nSPS) is 12.4. The minimum absolute atomic E-state index is 0.0830. The first kappa shape index (κ1) is 14.9. The quantitative estimate of drug-likeness (QED) is 0.876. The van der Waals surface area contributed by atoms with Gasteiger partial charge in [-0.25, -0.2) is 0 Å². The van der Waals surface area contributed by atoms with Crippen LogP contribution in [0, 0.1) is 0 Å². The van der Waals surface area contributed by atoms with E-state index >= 15 is 0 Å². The molecule has 20 heavy (non-hydrogen) atoms. The average molecular weight is 343 g/mol. The third-order valence-corrected chi connectivity index (χ3v) is 3.36. The Morgan fingerprint density at radius 3 is 2.15 bits per heavy atom. The van der Waals surface area contributed by atoms with Crippen molar-refractivity contribution in [3.63, 3.8) is 0 Å². The van der Waals surface area contributed by atoms with Gasteiger partial charge in [0.1, 0.15) is 5.75 Å². The topological polar surface area (TPSA) is 29.5 Å². The molecule has 1 N–H and O–H groups in total. The summed E-state index contributed by atoms with van der Waals surface area (Å²) in [7, 11) is 0. The van der Waals surface area contributed by atoms with E-state index in [0.717, 1.165) is 10.0 Å². The van der Waals surface area contributed by atoms with Crippen molar-refractivity contribution >= 4 is 15.9 Å². The molecule has 0 saturated heterocycles. The molecule has 5 heteroatoms. The lowest BCUT2D eigenvalue weighted by molar-refractivity contribution is -0.0498. The molecule has 0 radical (unpaired) electrons. The molecule has 0 fully saturated rings. The highest BCUT2D eigenvalue weighted by Gasteiger charge is 2.10. The number of ether oxygens (including phenoxy) is 1. The number of hydrogen-bond donors (Lipinski definition) is 1. The summed E-state index contributed by atoms with van der Waals surface area (Å²) >= 11 is 3.35. The van der Waals surface area contributed by atoms with Crippen LogP contribution in [0.25, 0.3) is 0 Å². The molecule has 2 aromatic carbocycles. The average Bonchev–Trinajstić information content (AvgIpc) is 2.41. The summed E-state index contributed by atoms with van der Waals surface area (Å²) in [6, 6.07) is 13.7. The number of alkyl halides is 2. The zero-order valence-electron chi connectivity index (χ0n) is 10.5. The molecule has 0 heterocycles. The van der Waals surface area contributed by atoms with Crippen LogP contribution >= 0.6 is 15.9 Å². The lowest BCUT2D eigenvalue weighted by atomic mass is 10.0. The Hall–Kier alpha value is -1.46. The first-order valence-corrected chi connectivity index (χ1v) is 6.81. The van der Waals surface area contributed by atoms with Gasteiger partial charge in [-0.3, -0.25) is 0 Å². The van der Waals surface area contributed by atoms with Crippen molar-refractivity contribution in [1.29, 1.82) is 0 Å². The van der Waals surface area contributed by atoms with E-state index in [0.29, 0.717) is 12.0 Å². The predicted molar refractivity (Wildman–Crippen MR) is 75.9 cm³/mol. The number of aliphatic hydroxyl groups is 1. The molecule has 0 aliphatic rings. The van der Waals surface area contributed by atoms with Crippen LogP contribution in [-0.2, 0) is 6.42 Å². The molecule has 0 spiro atoms. The summed E-state index contributed by atoms with van der Waals surface area (Å²) in [4.78, 5) is 0. The van der Waals surface area contributed by atoms with E-state index in [-0.39, 0.29) is 5.75 Å². The van der Waals surface area contributed by atoms with Gasteiger partial charge < -0.3 is 9.84 Å². The standard InChI is InChI=1S/C15H13BrF2O2/c16-12-5-1-10(2-6-12)9-14(19)11-3-7-13(8-4-11)20-15(17)18/h1-8,14-15,19H,9H2. The zero-order valence-corrected chi connectivity index (χ0v) is 12.1. The maximum Gasteiger partial charge on any atom is 0.387 e. The largest absolute Gasteiger partial charge is 0.435 e. The third kappa shape index (κ3) is 4.28. The summed E-state index contributed by atoms with van der Waals surface area (Å²) in [5.41, 5.74) is 1.66. The number of benzene rings is 2. The summed E-state index contributed by atoms with van der Waals surface area (Å²) in [6.45, 7) is -2.84. The molecule has 2 nitrogen and oxygen atoms in total. The van der Waals surface area contributed by atoms with Crippen LogP contribution in [0.15, 0.2) is 53.0 Å². The second-order valence-corrected chi connectivity index (χ2v) is 5.21. The predicted octanol–water partition coefficient (Wildman–Crippen LogP) is 4.33. The van der Waals surface area contributed by atoms with E-state index in [1.54, 1.807) is 12.1 Å². The molecule has 0 aliphatic heterocycles. The molecular weight excluding hydrogens is 330 g/mol. The van der Waals surface area contributed by atoms with E-state index in [1.165, 1.54) is 12.1 Å². The first-order chi connectivity index (χ1) is 9.54. The fourth-order valence-corrected chi connectivity index (χ4v) is 2.10. The van der Waals surface area contributed by atoms with Crippen LogP contribution in [-0.4, -0.2) is 11.7 Å². The molecular formula is C15H13BrF2O2. The Balaban J connectivity index is 2.01. The lowest BCUT2D eigenvalue weighted by Gasteiger charge is -2.12. The Morgan fingerprint density at radius 1 is 1.00 bits per heavy atom. The summed E-state index contributed by atoms with van der Waals surface area (Å²) < 4.78 is 29.3. The van der Waals surface area contributed by atoms with Gasteiger partial charge >= 0.3 is 6.61 Å². The highest BCUT2D eigenvalue weighted by molar-refractivity contribution is 9.10. The summed E-state index contributed by atoms with van der Waals surface area (Å²) in [6.07, 6.45) is -0.223. The number of aliphatic hydroxyl groups excluding tert-OH is 1. The van der Waals surface area contributed by atoms with E-state index in [2.05, 4.69) is 20.7 Å². The van der Waals surface area contributed by atoms with Crippen LogP contribution < -0.4 is 4.74 Å². The van der Waals surface area contributed by atoms with Gasteiger partial charge in [-0.2, -0.15) is 8.78 Å². The van der Waals surface area contributed by atoms with Crippen molar-refractivity contribution in [1.82, 2.24) is 0 Å². The molecule has 2 rings (SSSR count). The first-order valence-electron chi connectivity index (χ1n) is 6.02.